The molecule has 2 bridgehead atoms. The summed E-state index contributed by atoms with van der Waals surface area (Å²) in [5.41, 5.74) is 4.23. The van der Waals surface area contributed by atoms with Gasteiger partial charge in [0, 0.05) is 29.0 Å². The maximum atomic E-state index is 13.2. The predicted molar refractivity (Wildman–Crippen MR) is 116 cm³/mol. The van der Waals surface area contributed by atoms with E-state index in [0.29, 0.717) is 29.3 Å². The molecule has 0 saturated heterocycles. The number of nitrogens with one attached hydrogen (secondary N) is 1. The quantitative estimate of drug-likeness (QED) is 0.498. The van der Waals surface area contributed by atoms with Crippen LogP contribution in [0.2, 0.25) is 0 Å². The van der Waals surface area contributed by atoms with Gasteiger partial charge in [-0.05, 0) is 42.3 Å². The van der Waals surface area contributed by atoms with E-state index in [4.69, 9.17) is 14.5 Å². The number of carbonyl (C=O) groups is 1. The van der Waals surface area contributed by atoms with Crippen molar-refractivity contribution in [2.75, 3.05) is 7.11 Å². The molecule has 33 heavy (non-hydrogen) atoms. The number of rotatable bonds is 4. The number of hydrogen-bond donors (Lipinski definition) is 1. The third-order valence-electron chi connectivity index (χ3n) is 6.24. The molecule has 6 rings (SSSR count). The second kappa shape index (κ2) is 7.26. The molecule has 0 fully saturated rings. The second-order valence-corrected chi connectivity index (χ2v) is 8.01. The molecule has 0 spiro atoms. The highest BCUT2D eigenvalue weighted by molar-refractivity contribution is 5.98. The fourth-order valence-electron chi connectivity index (χ4n) is 4.86. The van der Waals surface area contributed by atoms with Crippen molar-refractivity contribution >= 4 is 16.9 Å². The Hall–Kier alpha value is -4.01. The van der Waals surface area contributed by atoms with E-state index in [9.17, 15) is 13.6 Å². The summed E-state index contributed by atoms with van der Waals surface area (Å²) < 4.78 is 38.3. The number of alkyl halides is 2. The van der Waals surface area contributed by atoms with Crippen LogP contribution in [0.3, 0.4) is 0 Å². The lowest BCUT2D eigenvalue weighted by atomic mass is 9.97. The lowest BCUT2D eigenvalue weighted by molar-refractivity contribution is -0.0507. The van der Waals surface area contributed by atoms with Gasteiger partial charge in [0.2, 0.25) is 5.88 Å². The fraction of sp³-hybridized carbons (Fsp3) is 0.208. The van der Waals surface area contributed by atoms with Crippen LogP contribution in [0.1, 0.15) is 40.3 Å². The van der Waals surface area contributed by atoms with Crippen molar-refractivity contribution in [2.24, 2.45) is 0 Å². The molecule has 2 aromatic heterocycles. The van der Waals surface area contributed by atoms with Gasteiger partial charge in [0.25, 0.3) is 5.91 Å². The number of fused-ring (bicyclic) bond motifs is 9. The van der Waals surface area contributed by atoms with Crippen molar-refractivity contribution in [3.8, 4) is 22.8 Å². The van der Waals surface area contributed by atoms with Gasteiger partial charge in [-0.1, -0.05) is 12.1 Å². The van der Waals surface area contributed by atoms with E-state index in [1.165, 1.54) is 6.07 Å². The SMILES string of the molecule is COc1ccc(-c2ccc3nc4n(c3c2)C2CC4NC(=O)c3cccc(OC(F)F)c32)cn1. The molecule has 0 saturated carbocycles. The summed E-state index contributed by atoms with van der Waals surface area (Å²) in [7, 11) is 1.56. The lowest BCUT2D eigenvalue weighted by Crippen LogP contribution is -2.28. The Morgan fingerprint density at radius 1 is 1.15 bits per heavy atom. The van der Waals surface area contributed by atoms with Crippen molar-refractivity contribution in [3.05, 3.63) is 71.7 Å². The highest BCUT2D eigenvalue weighted by Gasteiger charge is 2.42. The number of aromatic nitrogens is 3. The van der Waals surface area contributed by atoms with Gasteiger partial charge in [0.1, 0.15) is 11.6 Å². The number of pyridine rings is 1. The molecule has 1 N–H and O–H groups in total. The average Bonchev–Trinajstić information content (AvgIpc) is 3.31. The number of halogens is 2. The van der Waals surface area contributed by atoms with Crippen molar-refractivity contribution in [1.29, 1.82) is 0 Å². The van der Waals surface area contributed by atoms with Crippen LogP contribution in [0.5, 0.6) is 11.6 Å². The van der Waals surface area contributed by atoms with E-state index >= 15 is 0 Å². The van der Waals surface area contributed by atoms with Crippen LogP contribution in [-0.2, 0) is 0 Å². The number of ether oxygens (including phenoxy) is 2. The van der Waals surface area contributed by atoms with Gasteiger partial charge in [0.15, 0.2) is 0 Å². The molecule has 0 radical (unpaired) electrons. The molecular formula is C24H18F2N4O3. The van der Waals surface area contributed by atoms with E-state index in [1.54, 1.807) is 31.5 Å². The van der Waals surface area contributed by atoms with Crippen LogP contribution < -0.4 is 14.8 Å². The smallest absolute Gasteiger partial charge is 0.387 e. The number of amides is 1. The van der Waals surface area contributed by atoms with Crippen molar-refractivity contribution < 1.29 is 23.0 Å². The molecule has 0 aliphatic carbocycles. The summed E-state index contributed by atoms with van der Waals surface area (Å²) in [6.07, 6.45) is 2.24. The Labute approximate surface area is 187 Å². The molecule has 2 aliphatic heterocycles. The summed E-state index contributed by atoms with van der Waals surface area (Å²) in [6.45, 7) is -2.99. The number of nitrogens with zero attached hydrogens (tertiary/aromatic N) is 3. The van der Waals surface area contributed by atoms with Crippen LogP contribution in [0.15, 0.2) is 54.7 Å². The zero-order valence-electron chi connectivity index (χ0n) is 17.5. The number of hydrogen-bond acceptors (Lipinski definition) is 5. The Morgan fingerprint density at radius 3 is 2.76 bits per heavy atom. The molecule has 1 amide bonds. The molecule has 166 valence electrons. The largest absolute Gasteiger partial charge is 0.481 e. The van der Waals surface area contributed by atoms with E-state index in [-0.39, 0.29) is 23.7 Å². The van der Waals surface area contributed by atoms with E-state index in [1.807, 2.05) is 28.8 Å². The third-order valence-corrected chi connectivity index (χ3v) is 6.24. The van der Waals surface area contributed by atoms with E-state index in [2.05, 4.69) is 10.3 Å². The maximum Gasteiger partial charge on any atom is 0.387 e. The minimum absolute atomic E-state index is 0.00788. The Balaban J connectivity index is 1.53. The van der Waals surface area contributed by atoms with Crippen LogP contribution >= 0.6 is 0 Å². The number of benzene rings is 2. The highest BCUT2D eigenvalue weighted by atomic mass is 19.3. The minimum Gasteiger partial charge on any atom is -0.481 e. The molecule has 4 aromatic rings. The predicted octanol–water partition coefficient (Wildman–Crippen LogP) is 4.49. The third kappa shape index (κ3) is 3.03. The van der Waals surface area contributed by atoms with E-state index in [0.717, 1.165) is 22.2 Å². The molecule has 7 nitrogen and oxygen atoms in total. The van der Waals surface area contributed by atoms with Gasteiger partial charge < -0.3 is 19.4 Å². The normalized spacial score (nSPS) is 18.6. The highest BCUT2D eigenvalue weighted by Crippen LogP contribution is 2.47. The van der Waals surface area contributed by atoms with Gasteiger partial charge in [-0.25, -0.2) is 9.97 Å². The minimum atomic E-state index is -2.99. The van der Waals surface area contributed by atoms with Crippen LogP contribution in [0, 0.1) is 0 Å². The van der Waals surface area contributed by atoms with Crippen LogP contribution in [0.4, 0.5) is 8.78 Å². The topological polar surface area (TPSA) is 78.3 Å². The zero-order valence-corrected chi connectivity index (χ0v) is 17.5. The molecule has 4 heterocycles. The fourth-order valence-corrected chi connectivity index (χ4v) is 4.86. The van der Waals surface area contributed by atoms with Crippen molar-refractivity contribution in [3.63, 3.8) is 0 Å². The molecular weight excluding hydrogens is 430 g/mol. The second-order valence-electron chi connectivity index (χ2n) is 8.01. The first-order chi connectivity index (χ1) is 16.0. The van der Waals surface area contributed by atoms with Gasteiger partial charge >= 0.3 is 6.61 Å². The molecule has 9 heteroatoms. The molecule has 2 atom stereocenters. The van der Waals surface area contributed by atoms with Gasteiger partial charge in [-0.15, -0.1) is 0 Å². The Bertz CT molecular complexity index is 1400. The average molecular weight is 448 g/mol. The summed E-state index contributed by atoms with van der Waals surface area (Å²) >= 11 is 0. The van der Waals surface area contributed by atoms with Gasteiger partial charge in [0.05, 0.1) is 30.2 Å². The summed E-state index contributed by atoms with van der Waals surface area (Å²) in [6, 6.07) is 13.5. The summed E-state index contributed by atoms with van der Waals surface area (Å²) in [5, 5.41) is 2.99. The molecule has 2 unspecified atom stereocenters. The molecule has 2 aromatic carbocycles. The first-order valence-electron chi connectivity index (χ1n) is 10.4. The number of imidazole rings is 1. The standard InChI is InChI=1S/C24H18F2N4O3/c1-32-20-8-6-13(11-27-20)12-5-7-15-17(9-12)30-18-10-16(22(30)28-15)29-23(31)14-3-2-4-19(21(14)18)33-24(25)26/h2-9,11,16,18,24H,10H2,1H3,(H,29,31). The van der Waals surface area contributed by atoms with Crippen molar-refractivity contribution in [1.82, 2.24) is 19.9 Å². The molecule has 2 aliphatic rings. The summed E-state index contributed by atoms with van der Waals surface area (Å²) in [5.74, 6) is 0.911. The lowest BCUT2D eigenvalue weighted by Gasteiger charge is -2.21. The Kier molecular flexibility index (Phi) is 4.33. The first-order valence-corrected chi connectivity index (χ1v) is 10.4. The number of methoxy groups -OCH3 is 1. The van der Waals surface area contributed by atoms with Gasteiger partial charge in [-0.3, -0.25) is 4.79 Å². The van der Waals surface area contributed by atoms with Crippen LogP contribution in [-0.4, -0.2) is 34.2 Å². The van der Waals surface area contributed by atoms with Crippen molar-refractivity contribution in [2.45, 2.75) is 25.1 Å². The number of carbonyl (C=O) groups excluding carboxylic acids is 1. The van der Waals surface area contributed by atoms with Crippen LogP contribution in [0.25, 0.3) is 22.2 Å². The first kappa shape index (κ1) is 19.7. The Morgan fingerprint density at radius 2 is 2.00 bits per heavy atom. The maximum absolute atomic E-state index is 13.2. The summed E-state index contributed by atoms with van der Waals surface area (Å²) in [4.78, 5) is 21.9. The monoisotopic (exact) mass is 448 g/mol. The van der Waals surface area contributed by atoms with E-state index < -0.39 is 6.61 Å². The zero-order chi connectivity index (χ0) is 22.7. The van der Waals surface area contributed by atoms with Gasteiger partial charge in [-0.2, -0.15) is 8.78 Å².